The third-order valence-corrected chi connectivity index (χ3v) is 5.64. The molecule has 1 aliphatic heterocycles. The number of carboxylic acids is 1. The third kappa shape index (κ3) is 2.81. The average molecular weight is 344 g/mol. The van der Waals surface area contributed by atoms with Gasteiger partial charge in [0.1, 0.15) is 20.4 Å². The topological polar surface area (TPSA) is 79.6 Å². The van der Waals surface area contributed by atoms with Crippen LogP contribution in [-0.2, 0) is 16.1 Å². The standard InChI is InChI=1S/C12H12N2O4S3/c1-3-6-9(17)13(4-2)11(20-6)8-10(18)14(5-7(15)16)12(19)21-8/h3H,4-5H2,1-2H3,(H,15,16)/b6-3+,11-8-. The third-order valence-electron chi connectivity index (χ3n) is 2.82. The maximum absolute atomic E-state index is 12.3. The van der Waals surface area contributed by atoms with E-state index in [2.05, 4.69) is 0 Å². The Balaban J connectivity index is 2.67. The van der Waals surface area contributed by atoms with Crippen LogP contribution in [-0.4, -0.2) is 37.3 Å². The lowest BCUT2D eigenvalue weighted by molar-refractivity contribution is -0.140. The minimum atomic E-state index is -1.13. The van der Waals surface area contributed by atoms with Crippen LogP contribution in [0.2, 0.25) is 0 Å². The van der Waals surface area contributed by atoms with Crippen molar-refractivity contribution in [3.05, 3.63) is 19.5 Å². The highest BCUT2D eigenvalue weighted by molar-refractivity contribution is 8.30. The summed E-state index contributed by atoms with van der Waals surface area (Å²) in [4.78, 5) is 36.6. The molecule has 1 aromatic rings. The van der Waals surface area contributed by atoms with Gasteiger partial charge in [0.05, 0.1) is 4.53 Å². The van der Waals surface area contributed by atoms with Crippen LogP contribution in [0.5, 0.6) is 0 Å². The summed E-state index contributed by atoms with van der Waals surface area (Å²) in [6.45, 7) is 3.53. The number of thiazole rings is 1. The quantitative estimate of drug-likeness (QED) is 0.764. The van der Waals surface area contributed by atoms with Gasteiger partial charge in [0.25, 0.3) is 11.5 Å². The second kappa shape index (κ2) is 6.12. The molecule has 21 heavy (non-hydrogen) atoms. The van der Waals surface area contributed by atoms with Crippen molar-refractivity contribution < 1.29 is 14.7 Å². The van der Waals surface area contributed by atoms with Crippen molar-refractivity contribution in [2.24, 2.45) is 0 Å². The molecule has 1 fully saturated rings. The van der Waals surface area contributed by atoms with Gasteiger partial charge in [-0.1, -0.05) is 30.1 Å². The Morgan fingerprint density at radius 2 is 2.10 bits per heavy atom. The van der Waals surface area contributed by atoms with Crippen LogP contribution >= 0.6 is 35.3 Å². The molecule has 1 aliphatic rings. The van der Waals surface area contributed by atoms with Gasteiger partial charge in [0.2, 0.25) is 0 Å². The molecule has 0 bridgehead atoms. The molecule has 6 nitrogen and oxygen atoms in total. The van der Waals surface area contributed by atoms with Crippen LogP contribution in [0.15, 0.2) is 4.79 Å². The van der Waals surface area contributed by atoms with E-state index >= 15 is 0 Å². The monoisotopic (exact) mass is 344 g/mol. The minimum absolute atomic E-state index is 0.150. The van der Waals surface area contributed by atoms with Crippen LogP contribution in [0, 0.1) is 0 Å². The van der Waals surface area contributed by atoms with Crippen LogP contribution in [0.4, 0.5) is 0 Å². The van der Waals surface area contributed by atoms with Crippen LogP contribution in [0.1, 0.15) is 13.8 Å². The van der Waals surface area contributed by atoms with E-state index in [1.807, 2.05) is 6.92 Å². The molecule has 1 saturated heterocycles. The minimum Gasteiger partial charge on any atom is -0.480 e. The molecule has 2 rings (SSSR count). The van der Waals surface area contributed by atoms with Gasteiger partial charge in [-0.3, -0.25) is 23.9 Å². The van der Waals surface area contributed by atoms with Gasteiger partial charge in [-0.2, -0.15) is 0 Å². The average Bonchev–Trinajstić information content (AvgIpc) is 2.89. The molecule has 0 atom stereocenters. The first-order valence-electron chi connectivity index (χ1n) is 6.06. The predicted octanol–water partition coefficient (Wildman–Crippen LogP) is -0.217. The predicted molar refractivity (Wildman–Crippen MR) is 86.6 cm³/mol. The Morgan fingerprint density at radius 1 is 1.43 bits per heavy atom. The number of nitrogens with zero attached hydrogens (tertiary/aromatic N) is 2. The number of thiocarbonyl (C=S) groups is 1. The van der Waals surface area contributed by atoms with Gasteiger partial charge in [0, 0.05) is 6.54 Å². The van der Waals surface area contributed by atoms with Gasteiger partial charge in [-0.15, -0.1) is 11.3 Å². The van der Waals surface area contributed by atoms with E-state index in [1.54, 1.807) is 13.0 Å². The second-order valence-corrected chi connectivity index (χ2v) is 6.77. The van der Waals surface area contributed by atoms with Crippen molar-refractivity contribution in [3.63, 3.8) is 0 Å². The molecule has 1 aromatic heterocycles. The van der Waals surface area contributed by atoms with E-state index in [0.717, 1.165) is 16.7 Å². The van der Waals surface area contributed by atoms with Gasteiger partial charge in [-0.25, -0.2) is 0 Å². The van der Waals surface area contributed by atoms with Crippen molar-refractivity contribution in [3.8, 4) is 0 Å². The molecular weight excluding hydrogens is 332 g/mol. The zero-order valence-corrected chi connectivity index (χ0v) is 13.7. The van der Waals surface area contributed by atoms with E-state index in [0.29, 0.717) is 20.6 Å². The van der Waals surface area contributed by atoms with Crippen molar-refractivity contribution >= 4 is 62.5 Å². The van der Waals surface area contributed by atoms with Crippen LogP contribution in [0.3, 0.4) is 0 Å². The highest BCUT2D eigenvalue weighted by Gasteiger charge is 2.35. The van der Waals surface area contributed by atoms with Crippen molar-refractivity contribution in [2.45, 2.75) is 20.4 Å². The van der Waals surface area contributed by atoms with E-state index < -0.39 is 18.4 Å². The molecule has 0 aromatic carbocycles. The number of carboxylic acid groups (broad SMARTS) is 1. The molecular formula is C12H12N2O4S3. The van der Waals surface area contributed by atoms with E-state index in [-0.39, 0.29) is 9.88 Å². The van der Waals surface area contributed by atoms with Crippen LogP contribution in [0.25, 0.3) is 11.0 Å². The van der Waals surface area contributed by atoms with E-state index in [1.165, 1.54) is 15.9 Å². The first-order valence-corrected chi connectivity index (χ1v) is 8.10. The Hall–Kier alpha value is -1.45. The van der Waals surface area contributed by atoms with Gasteiger partial charge >= 0.3 is 5.97 Å². The lowest BCUT2D eigenvalue weighted by Crippen LogP contribution is -2.35. The number of carbonyl (C=O) groups is 2. The molecule has 0 unspecified atom stereocenters. The Bertz CT molecular complexity index is 805. The molecule has 0 spiro atoms. The zero-order valence-electron chi connectivity index (χ0n) is 11.3. The number of aliphatic carboxylic acids is 1. The first-order chi connectivity index (χ1) is 9.90. The van der Waals surface area contributed by atoms with Crippen molar-refractivity contribution in [1.29, 1.82) is 0 Å². The normalized spacial score (nSPS) is 18.8. The molecule has 0 saturated carbocycles. The van der Waals surface area contributed by atoms with Crippen molar-refractivity contribution in [2.75, 3.05) is 6.54 Å². The number of amides is 1. The first kappa shape index (κ1) is 15.9. The molecule has 2 heterocycles. The summed E-state index contributed by atoms with van der Waals surface area (Å²) in [6.07, 6.45) is 1.70. The SMILES string of the molecule is C/C=c1/s/c(=C2\SC(=S)N(CC(=O)O)C2=O)n(CC)c1=O. The maximum Gasteiger partial charge on any atom is 0.323 e. The summed E-state index contributed by atoms with van der Waals surface area (Å²) in [5.41, 5.74) is -0.150. The molecule has 0 radical (unpaired) electrons. The van der Waals surface area contributed by atoms with Gasteiger partial charge in [0.15, 0.2) is 0 Å². The van der Waals surface area contributed by atoms with Crippen LogP contribution < -0.4 is 14.8 Å². The molecule has 1 amide bonds. The molecule has 112 valence electrons. The number of thioether (sulfide) groups is 1. The maximum atomic E-state index is 12.3. The highest BCUT2D eigenvalue weighted by atomic mass is 32.2. The summed E-state index contributed by atoms with van der Waals surface area (Å²) < 4.78 is 2.78. The Morgan fingerprint density at radius 3 is 2.62 bits per heavy atom. The fraction of sp³-hybridized carbons (Fsp3) is 0.333. The fourth-order valence-corrected chi connectivity index (χ4v) is 4.37. The Labute approximate surface area is 133 Å². The number of aromatic nitrogens is 1. The number of carbonyl (C=O) groups excluding carboxylic acids is 1. The lowest BCUT2D eigenvalue weighted by Gasteiger charge is -2.10. The summed E-state index contributed by atoms with van der Waals surface area (Å²) in [5, 5.41) is 8.82. The van der Waals surface area contributed by atoms with Gasteiger partial charge < -0.3 is 5.11 Å². The Kier molecular flexibility index (Phi) is 4.64. The smallest absolute Gasteiger partial charge is 0.323 e. The van der Waals surface area contributed by atoms with E-state index in [9.17, 15) is 14.4 Å². The lowest BCUT2D eigenvalue weighted by atomic mass is 10.4. The molecule has 0 aliphatic carbocycles. The largest absolute Gasteiger partial charge is 0.480 e. The summed E-state index contributed by atoms with van der Waals surface area (Å²) in [6, 6.07) is 0. The highest BCUT2D eigenvalue weighted by Crippen LogP contribution is 2.30. The fourth-order valence-electron chi connectivity index (χ4n) is 1.86. The summed E-state index contributed by atoms with van der Waals surface area (Å²) in [5.74, 6) is -1.59. The van der Waals surface area contributed by atoms with Crippen molar-refractivity contribution in [1.82, 2.24) is 9.47 Å². The summed E-state index contributed by atoms with van der Waals surface area (Å²) in [7, 11) is 0. The number of hydrogen-bond donors (Lipinski definition) is 1. The molecule has 9 heteroatoms. The van der Waals surface area contributed by atoms with Gasteiger partial charge in [-0.05, 0) is 13.8 Å². The van der Waals surface area contributed by atoms with E-state index in [4.69, 9.17) is 17.3 Å². The second-order valence-electron chi connectivity index (χ2n) is 4.09. The summed E-state index contributed by atoms with van der Waals surface area (Å²) >= 11 is 7.31. The number of hydrogen-bond acceptors (Lipinski definition) is 6. The number of rotatable bonds is 3. The zero-order chi connectivity index (χ0) is 15.7. The molecule has 1 N–H and O–H groups in total.